The van der Waals surface area contributed by atoms with E-state index in [1.54, 1.807) is 17.9 Å². The van der Waals surface area contributed by atoms with Gasteiger partial charge in [-0.15, -0.1) is 0 Å². The van der Waals surface area contributed by atoms with Crippen LogP contribution in [0.3, 0.4) is 0 Å². The van der Waals surface area contributed by atoms with E-state index in [1.165, 1.54) is 6.26 Å². The second kappa shape index (κ2) is 8.22. The Balaban J connectivity index is 1.61. The third kappa shape index (κ3) is 4.27. The van der Waals surface area contributed by atoms with E-state index >= 15 is 0 Å². The van der Waals surface area contributed by atoms with E-state index in [1.807, 2.05) is 4.90 Å². The lowest BCUT2D eigenvalue weighted by Gasteiger charge is -2.39. The minimum atomic E-state index is -0.437. The lowest BCUT2D eigenvalue weighted by molar-refractivity contribution is -0.140. The molecule has 0 spiro atoms. The van der Waals surface area contributed by atoms with Gasteiger partial charge in [0.2, 0.25) is 5.91 Å². The molecule has 3 heterocycles. The van der Waals surface area contributed by atoms with Crippen molar-refractivity contribution in [2.75, 3.05) is 45.9 Å². The van der Waals surface area contributed by atoms with Crippen molar-refractivity contribution < 1.29 is 18.7 Å². The standard InChI is InChI=1S/C19H29N3O4/c1-14(2)11-21-4-5-22(15(3)18(21)23)19(24)16-10-17(26-13-16)12-20-6-8-25-9-7-20/h10,13-15H,4-9,11-12H2,1-3H3. The molecule has 2 aliphatic rings. The van der Waals surface area contributed by atoms with E-state index in [9.17, 15) is 9.59 Å². The van der Waals surface area contributed by atoms with Gasteiger partial charge in [0.05, 0.1) is 25.3 Å². The quantitative estimate of drug-likeness (QED) is 0.792. The van der Waals surface area contributed by atoms with Gasteiger partial charge in [0.25, 0.3) is 5.91 Å². The maximum Gasteiger partial charge on any atom is 0.257 e. The number of hydrogen-bond donors (Lipinski definition) is 0. The minimum Gasteiger partial charge on any atom is -0.467 e. The Hall–Kier alpha value is -1.86. The first-order valence-corrected chi connectivity index (χ1v) is 9.43. The molecule has 1 aromatic heterocycles. The summed E-state index contributed by atoms with van der Waals surface area (Å²) < 4.78 is 10.9. The summed E-state index contributed by atoms with van der Waals surface area (Å²) in [5.74, 6) is 1.08. The highest BCUT2D eigenvalue weighted by Gasteiger charge is 2.35. The normalized spacial score (nSPS) is 22.3. The van der Waals surface area contributed by atoms with Crippen LogP contribution in [0.15, 0.2) is 16.7 Å². The summed E-state index contributed by atoms with van der Waals surface area (Å²) in [5.41, 5.74) is 0.519. The lowest BCUT2D eigenvalue weighted by Crippen LogP contribution is -2.58. The van der Waals surface area contributed by atoms with Crippen LogP contribution in [0.4, 0.5) is 0 Å². The Morgan fingerprint density at radius 1 is 1.23 bits per heavy atom. The molecule has 1 aromatic rings. The number of carbonyl (C=O) groups excluding carboxylic acids is 2. The Kier molecular flexibility index (Phi) is 5.98. The lowest BCUT2D eigenvalue weighted by atomic mass is 10.1. The van der Waals surface area contributed by atoms with E-state index < -0.39 is 6.04 Å². The van der Waals surface area contributed by atoms with Gasteiger partial charge >= 0.3 is 0 Å². The molecular formula is C19H29N3O4. The zero-order valence-electron chi connectivity index (χ0n) is 15.9. The van der Waals surface area contributed by atoms with Crippen LogP contribution in [-0.2, 0) is 16.1 Å². The Morgan fingerprint density at radius 3 is 2.65 bits per heavy atom. The van der Waals surface area contributed by atoms with Gasteiger partial charge in [0.1, 0.15) is 18.1 Å². The Morgan fingerprint density at radius 2 is 1.96 bits per heavy atom. The summed E-state index contributed by atoms with van der Waals surface area (Å²) in [4.78, 5) is 31.2. The van der Waals surface area contributed by atoms with Crippen LogP contribution in [0.5, 0.6) is 0 Å². The first-order chi connectivity index (χ1) is 12.5. The number of morpholine rings is 1. The largest absolute Gasteiger partial charge is 0.467 e. The van der Waals surface area contributed by atoms with Crippen LogP contribution in [-0.4, -0.2) is 78.5 Å². The van der Waals surface area contributed by atoms with Gasteiger partial charge in [-0.1, -0.05) is 13.8 Å². The summed E-state index contributed by atoms with van der Waals surface area (Å²) >= 11 is 0. The van der Waals surface area contributed by atoms with Gasteiger partial charge < -0.3 is 19.0 Å². The first-order valence-electron chi connectivity index (χ1n) is 9.43. The number of piperazine rings is 1. The van der Waals surface area contributed by atoms with Crippen molar-refractivity contribution in [3.63, 3.8) is 0 Å². The van der Waals surface area contributed by atoms with Crippen LogP contribution in [0.2, 0.25) is 0 Å². The minimum absolute atomic E-state index is 0.0235. The molecule has 7 nitrogen and oxygen atoms in total. The Labute approximate surface area is 154 Å². The SMILES string of the molecule is CC(C)CN1CCN(C(=O)c2coc(CN3CCOCC3)c2)C(C)C1=O. The topological polar surface area (TPSA) is 66.2 Å². The monoisotopic (exact) mass is 363 g/mol. The molecule has 3 rings (SSSR count). The molecule has 2 saturated heterocycles. The average molecular weight is 363 g/mol. The van der Waals surface area contributed by atoms with Gasteiger partial charge in [0, 0.05) is 32.7 Å². The van der Waals surface area contributed by atoms with Crippen molar-refractivity contribution in [3.05, 3.63) is 23.7 Å². The molecule has 2 amide bonds. The molecule has 0 aliphatic carbocycles. The van der Waals surface area contributed by atoms with Crippen molar-refractivity contribution in [3.8, 4) is 0 Å². The van der Waals surface area contributed by atoms with E-state index in [2.05, 4.69) is 18.7 Å². The van der Waals surface area contributed by atoms with E-state index in [4.69, 9.17) is 9.15 Å². The van der Waals surface area contributed by atoms with Crippen LogP contribution in [0, 0.1) is 5.92 Å². The number of ether oxygens (including phenoxy) is 1. The number of hydrogen-bond acceptors (Lipinski definition) is 5. The van der Waals surface area contributed by atoms with E-state index in [0.29, 0.717) is 31.1 Å². The number of rotatable bonds is 5. The number of amides is 2. The smallest absolute Gasteiger partial charge is 0.257 e. The summed E-state index contributed by atoms with van der Waals surface area (Å²) in [6, 6.07) is 1.36. The predicted molar refractivity (Wildman–Crippen MR) is 96.7 cm³/mol. The van der Waals surface area contributed by atoms with Gasteiger partial charge in [0.15, 0.2) is 0 Å². The molecule has 7 heteroatoms. The van der Waals surface area contributed by atoms with Crippen LogP contribution >= 0.6 is 0 Å². The molecule has 0 saturated carbocycles. The van der Waals surface area contributed by atoms with Gasteiger partial charge in [-0.05, 0) is 18.9 Å². The van der Waals surface area contributed by atoms with Gasteiger partial charge in [-0.25, -0.2) is 0 Å². The highest BCUT2D eigenvalue weighted by Crippen LogP contribution is 2.19. The van der Waals surface area contributed by atoms with Gasteiger partial charge in [-0.2, -0.15) is 0 Å². The van der Waals surface area contributed by atoms with Crippen LogP contribution < -0.4 is 0 Å². The Bertz CT molecular complexity index is 636. The maximum atomic E-state index is 12.9. The predicted octanol–water partition coefficient (Wildman–Crippen LogP) is 1.44. The molecule has 0 radical (unpaired) electrons. The first kappa shape index (κ1) is 18.9. The van der Waals surface area contributed by atoms with Crippen molar-refractivity contribution >= 4 is 11.8 Å². The summed E-state index contributed by atoms with van der Waals surface area (Å²) in [6.07, 6.45) is 1.51. The van der Waals surface area contributed by atoms with Crippen molar-refractivity contribution in [2.24, 2.45) is 5.92 Å². The molecule has 1 unspecified atom stereocenters. The van der Waals surface area contributed by atoms with E-state index in [-0.39, 0.29) is 11.8 Å². The third-order valence-corrected chi connectivity index (χ3v) is 4.98. The van der Waals surface area contributed by atoms with Crippen LogP contribution in [0.1, 0.15) is 36.9 Å². The fourth-order valence-corrected chi connectivity index (χ4v) is 3.55. The zero-order valence-corrected chi connectivity index (χ0v) is 15.9. The highest BCUT2D eigenvalue weighted by atomic mass is 16.5. The molecule has 26 heavy (non-hydrogen) atoms. The fraction of sp³-hybridized carbons (Fsp3) is 0.684. The molecule has 2 fully saturated rings. The molecule has 1 atom stereocenters. The van der Waals surface area contributed by atoms with E-state index in [0.717, 1.165) is 38.6 Å². The maximum absolute atomic E-state index is 12.9. The highest BCUT2D eigenvalue weighted by molar-refractivity contribution is 5.98. The van der Waals surface area contributed by atoms with Crippen molar-refractivity contribution in [1.82, 2.24) is 14.7 Å². The number of furan rings is 1. The number of carbonyl (C=O) groups is 2. The molecule has 144 valence electrons. The second-order valence-electron chi connectivity index (χ2n) is 7.54. The van der Waals surface area contributed by atoms with Crippen molar-refractivity contribution in [2.45, 2.75) is 33.4 Å². The fourth-order valence-electron chi connectivity index (χ4n) is 3.55. The molecule has 0 N–H and O–H groups in total. The molecular weight excluding hydrogens is 334 g/mol. The zero-order chi connectivity index (χ0) is 18.7. The molecule has 0 aromatic carbocycles. The summed E-state index contributed by atoms with van der Waals surface area (Å²) in [6.45, 7) is 11.7. The molecule has 2 aliphatic heterocycles. The second-order valence-corrected chi connectivity index (χ2v) is 7.54. The van der Waals surface area contributed by atoms with Gasteiger partial charge in [-0.3, -0.25) is 14.5 Å². The van der Waals surface area contributed by atoms with Crippen molar-refractivity contribution in [1.29, 1.82) is 0 Å². The summed E-state index contributed by atoms with van der Waals surface area (Å²) in [7, 11) is 0. The summed E-state index contributed by atoms with van der Waals surface area (Å²) in [5, 5.41) is 0. The molecule has 0 bridgehead atoms. The number of nitrogens with zero attached hydrogens (tertiary/aromatic N) is 3. The van der Waals surface area contributed by atoms with Crippen LogP contribution in [0.25, 0.3) is 0 Å². The average Bonchev–Trinajstić information content (AvgIpc) is 3.08. The third-order valence-electron chi connectivity index (χ3n) is 4.98.